The van der Waals surface area contributed by atoms with Gasteiger partial charge in [0.2, 0.25) is 0 Å². The molecule has 1 saturated heterocycles. The molecule has 0 unspecified atom stereocenters. The van der Waals surface area contributed by atoms with E-state index in [0.717, 1.165) is 31.5 Å². The fourth-order valence-electron chi connectivity index (χ4n) is 2.27. The number of carbonyl (C=O) groups excluding carboxylic acids is 1. The van der Waals surface area contributed by atoms with Gasteiger partial charge in [-0.15, -0.1) is 0 Å². The van der Waals surface area contributed by atoms with Gasteiger partial charge in [-0.05, 0) is 36.5 Å². The SMILES string of the molecule is COc1ccc(C[C@@H]2CCOC[C@H]2C=O)cc1. The van der Waals surface area contributed by atoms with E-state index in [0.29, 0.717) is 12.5 Å². The van der Waals surface area contributed by atoms with Crippen molar-refractivity contribution in [3.63, 3.8) is 0 Å². The standard InChI is InChI=1S/C14H18O3/c1-16-14-4-2-11(3-5-14)8-12-6-7-17-10-13(12)9-15/h2-5,9,12-13H,6-8,10H2,1H3/t12-,13+/m0/s1. The summed E-state index contributed by atoms with van der Waals surface area (Å²) < 4.78 is 10.5. The predicted molar refractivity (Wildman–Crippen MR) is 65.2 cm³/mol. The maximum absolute atomic E-state index is 11.0. The molecular weight excluding hydrogens is 216 g/mol. The van der Waals surface area contributed by atoms with Crippen molar-refractivity contribution in [1.82, 2.24) is 0 Å². The maximum atomic E-state index is 11.0. The Bertz CT molecular complexity index is 358. The average Bonchev–Trinajstić information content (AvgIpc) is 2.40. The molecular formula is C14H18O3. The molecule has 0 amide bonds. The van der Waals surface area contributed by atoms with Gasteiger partial charge in [-0.2, -0.15) is 0 Å². The monoisotopic (exact) mass is 234 g/mol. The van der Waals surface area contributed by atoms with Crippen LogP contribution in [0.2, 0.25) is 0 Å². The Hall–Kier alpha value is -1.35. The summed E-state index contributed by atoms with van der Waals surface area (Å²) in [6, 6.07) is 8.06. The summed E-state index contributed by atoms with van der Waals surface area (Å²) in [6.07, 6.45) is 2.94. The van der Waals surface area contributed by atoms with Gasteiger partial charge in [0.25, 0.3) is 0 Å². The Labute approximate surface area is 102 Å². The number of benzene rings is 1. The molecule has 1 aromatic rings. The van der Waals surface area contributed by atoms with Crippen molar-refractivity contribution in [2.75, 3.05) is 20.3 Å². The van der Waals surface area contributed by atoms with Crippen LogP contribution in [-0.2, 0) is 16.0 Å². The molecule has 1 fully saturated rings. The fraction of sp³-hybridized carbons (Fsp3) is 0.500. The molecule has 17 heavy (non-hydrogen) atoms. The third-order valence-corrected chi connectivity index (χ3v) is 3.38. The first-order valence-corrected chi connectivity index (χ1v) is 5.99. The van der Waals surface area contributed by atoms with Crippen LogP contribution in [0, 0.1) is 11.8 Å². The normalized spacial score (nSPS) is 24.3. The average molecular weight is 234 g/mol. The second-order valence-corrected chi connectivity index (χ2v) is 4.48. The third kappa shape index (κ3) is 3.07. The Morgan fingerprint density at radius 3 is 2.82 bits per heavy atom. The highest BCUT2D eigenvalue weighted by Crippen LogP contribution is 2.25. The first kappa shape index (κ1) is 12.1. The van der Waals surface area contributed by atoms with Gasteiger partial charge in [0.15, 0.2) is 0 Å². The van der Waals surface area contributed by atoms with E-state index in [1.165, 1.54) is 5.56 Å². The minimum atomic E-state index is 0.0471. The number of methoxy groups -OCH3 is 1. The molecule has 92 valence electrons. The van der Waals surface area contributed by atoms with Gasteiger partial charge >= 0.3 is 0 Å². The molecule has 0 N–H and O–H groups in total. The van der Waals surface area contributed by atoms with Gasteiger partial charge in [-0.25, -0.2) is 0 Å². The van der Waals surface area contributed by atoms with Crippen LogP contribution in [0.1, 0.15) is 12.0 Å². The van der Waals surface area contributed by atoms with Crippen molar-refractivity contribution in [3.8, 4) is 5.75 Å². The molecule has 1 heterocycles. The fourth-order valence-corrected chi connectivity index (χ4v) is 2.27. The van der Waals surface area contributed by atoms with Gasteiger partial charge in [0.05, 0.1) is 13.7 Å². The second-order valence-electron chi connectivity index (χ2n) is 4.48. The van der Waals surface area contributed by atoms with Crippen molar-refractivity contribution >= 4 is 6.29 Å². The van der Waals surface area contributed by atoms with Crippen LogP contribution in [0.5, 0.6) is 5.75 Å². The predicted octanol–water partition coefficient (Wildman–Crippen LogP) is 2.09. The van der Waals surface area contributed by atoms with Crippen LogP contribution in [0.4, 0.5) is 0 Å². The number of hydrogen-bond acceptors (Lipinski definition) is 3. The van der Waals surface area contributed by atoms with Crippen LogP contribution < -0.4 is 4.74 Å². The Morgan fingerprint density at radius 2 is 2.18 bits per heavy atom. The number of carbonyl (C=O) groups is 1. The smallest absolute Gasteiger partial charge is 0.125 e. The summed E-state index contributed by atoms with van der Waals surface area (Å²) in [7, 11) is 1.66. The van der Waals surface area contributed by atoms with E-state index in [2.05, 4.69) is 12.1 Å². The van der Waals surface area contributed by atoms with Gasteiger partial charge in [-0.1, -0.05) is 12.1 Å². The second kappa shape index (κ2) is 5.82. The highest BCUT2D eigenvalue weighted by molar-refractivity contribution is 5.54. The highest BCUT2D eigenvalue weighted by Gasteiger charge is 2.25. The van der Waals surface area contributed by atoms with E-state index in [1.807, 2.05) is 12.1 Å². The van der Waals surface area contributed by atoms with E-state index < -0.39 is 0 Å². The summed E-state index contributed by atoms with van der Waals surface area (Å²) in [5.74, 6) is 1.33. The van der Waals surface area contributed by atoms with Crippen LogP contribution in [0.25, 0.3) is 0 Å². The van der Waals surface area contributed by atoms with Crippen molar-refractivity contribution in [2.45, 2.75) is 12.8 Å². The lowest BCUT2D eigenvalue weighted by molar-refractivity contribution is -0.117. The quantitative estimate of drug-likeness (QED) is 0.748. The van der Waals surface area contributed by atoms with E-state index >= 15 is 0 Å². The van der Waals surface area contributed by atoms with E-state index in [4.69, 9.17) is 9.47 Å². The van der Waals surface area contributed by atoms with Gasteiger partial charge in [0, 0.05) is 12.5 Å². The first-order valence-electron chi connectivity index (χ1n) is 5.99. The topological polar surface area (TPSA) is 35.5 Å². The van der Waals surface area contributed by atoms with Crippen LogP contribution in [0.3, 0.4) is 0 Å². The summed E-state index contributed by atoms with van der Waals surface area (Å²) in [5.41, 5.74) is 1.25. The molecule has 1 aromatic carbocycles. The number of aldehydes is 1. The first-order chi connectivity index (χ1) is 8.33. The van der Waals surface area contributed by atoms with Crippen molar-refractivity contribution in [1.29, 1.82) is 0 Å². The van der Waals surface area contributed by atoms with Gasteiger partial charge < -0.3 is 14.3 Å². The summed E-state index contributed by atoms with van der Waals surface area (Å²) >= 11 is 0. The van der Waals surface area contributed by atoms with E-state index in [1.54, 1.807) is 7.11 Å². The number of rotatable bonds is 4. The summed E-state index contributed by atoms with van der Waals surface area (Å²) in [6.45, 7) is 1.34. The number of ether oxygens (including phenoxy) is 2. The lowest BCUT2D eigenvalue weighted by atomic mass is 9.84. The zero-order valence-electron chi connectivity index (χ0n) is 10.1. The zero-order valence-corrected chi connectivity index (χ0v) is 10.1. The maximum Gasteiger partial charge on any atom is 0.125 e. The largest absolute Gasteiger partial charge is 0.497 e. The van der Waals surface area contributed by atoms with Crippen LogP contribution in [0.15, 0.2) is 24.3 Å². The molecule has 0 aliphatic carbocycles. The van der Waals surface area contributed by atoms with Gasteiger partial charge in [0.1, 0.15) is 12.0 Å². The highest BCUT2D eigenvalue weighted by atomic mass is 16.5. The molecule has 0 spiro atoms. The van der Waals surface area contributed by atoms with Crippen LogP contribution >= 0.6 is 0 Å². The molecule has 0 saturated carbocycles. The molecule has 0 aromatic heterocycles. The Morgan fingerprint density at radius 1 is 1.41 bits per heavy atom. The van der Waals surface area contributed by atoms with Gasteiger partial charge in [-0.3, -0.25) is 0 Å². The minimum absolute atomic E-state index is 0.0471. The molecule has 0 radical (unpaired) electrons. The minimum Gasteiger partial charge on any atom is -0.497 e. The Balaban J connectivity index is 2.00. The van der Waals surface area contributed by atoms with Crippen LogP contribution in [-0.4, -0.2) is 26.6 Å². The Kier molecular flexibility index (Phi) is 4.15. The molecule has 3 nitrogen and oxygen atoms in total. The van der Waals surface area contributed by atoms with Crippen molar-refractivity contribution < 1.29 is 14.3 Å². The molecule has 3 heteroatoms. The van der Waals surface area contributed by atoms with Crippen molar-refractivity contribution in [3.05, 3.63) is 29.8 Å². The molecule has 2 atom stereocenters. The summed E-state index contributed by atoms with van der Waals surface area (Å²) in [5, 5.41) is 0. The van der Waals surface area contributed by atoms with E-state index in [9.17, 15) is 4.79 Å². The molecule has 1 aliphatic rings. The molecule has 2 rings (SSSR count). The molecule has 0 bridgehead atoms. The third-order valence-electron chi connectivity index (χ3n) is 3.38. The van der Waals surface area contributed by atoms with E-state index in [-0.39, 0.29) is 5.92 Å². The zero-order chi connectivity index (χ0) is 12.1. The number of hydrogen-bond donors (Lipinski definition) is 0. The summed E-state index contributed by atoms with van der Waals surface area (Å²) in [4.78, 5) is 11.0. The lowest BCUT2D eigenvalue weighted by Gasteiger charge is -2.27. The lowest BCUT2D eigenvalue weighted by Crippen LogP contribution is -2.29. The molecule has 1 aliphatic heterocycles. The van der Waals surface area contributed by atoms with Crippen molar-refractivity contribution in [2.24, 2.45) is 11.8 Å².